The zero-order valence-electron chi connectivity index (χ0n) is 20.8. The maximum atomic E-state index is 6.56. The molecule has 1 atom stereocenters. The summed E-state index contributed by atoms with van der Waals surface area (Å²) < 4.78 is 12.5. The molecule has 0 unspecified atom stereocenters. The van der Waals surface area contributed by atoms with Gasteiger partial charge < -0.3 is 9.16 Å². The lowest BCUT2D eigenvalue weighted by Crippen LogP contribution is -2.45. The molecule has 0 heterocycles. The molecule has 3 nitrogen and oxygen atoms in total. The number of nitrogens with zero attached hydrogens (tertiary/aromatic N) is 1. The highest BCUT2D eigenvalue weighted by Crippen LogP contribution is 2.36. The molecule has 0 aliphatic carbocycles. The molecule has 174 valence electrons. The Hall–Kier alpha value is -2.14. The Kier molecular flexibility index (Phi) is 9.95. The van der Waals surface area contributed by atoms with Crippen LogP contribution in [0.4, 0.5) is 0 Å². The van der Waals surface area contributed by atoms with Crippen LogP contribution in [-0.2, 0) is 11.0 Å². The summed E-state index contributed by atoms with van der Waals surface area (Å²) in [7, 11) is -1.83. The molecule has 0 fully saturated rings. The molecule has 0 radical (unpaired) electrons. The molecule has 0 N–H and O–H groups in total. The second-order valence-corrected chi connectivity index (χ2v) is 14.8. The van der Waals surface area contributed by atoms with E-state index in [2.05, 4.69) is 88.7 Å². The Morgan fingerprint density at radius 1 is 1.03 bits per heavy atom. The zero-order chi connectivity index (χ0) is 23.6. The normalized spacial score (nSPS) is 13.8. The van der Waals surface area contributed by atoms with E-state index >= 15 is 0 Å². The van der Waals surface area contributed by atoms with Gasteiger partial charge >= 0.3 is 0 Å². The fourth-order valence-electron chi connectivity index (χ4n) is 3.01. The maximum absolute atomic E-state index is 6.56. The second-order valence-electron chi connectivity index (χ2n) is 9.94. The van der Waals surface area contributed by atoms with Crippen LogP contribution in [0.1, 0.15) is 33.3 Å². The van der Waals surface area contributed by atoms with Crippen molar-refractivity contribution in [3.8, 4) is 5.75 Å². The van der Waals surface area contributed by atoms with Crippen LogP contribution in [0.2, 0.25) is 18.1 Å². The van der Waals surface area contributed by atoms with Crippen LogP contribution in [0.3, 0.4) is 0 Å². The molecule has 2 aromatic rings. The molecule has 0 saturated carbocycles. The standard InChI is InChI=1S/C28H41NO2Si/c1-8-26(23-31-32(6,7)28(3,4)5)29(21-25-15-11-9-12-16-25)20-19-24(2)22-30-27-17-13-10-14-18-27/h8-19,26H,1,20-23H2,2-7H3/b24-19-/t26-/m1/s1. The van der Waals surface area contributed by atoms with Crippen molar-refractivity contribution in [3.05, 3.63) is 90.5 Å². The first kappa shape index (κ1) is 26.1. The van der Waals surface area contributed by atoms with E-state index in [0.29, 0.717) is 13.2 Å². The van der Waals surface area contributed by atoms with Crippen LogP contribution in [0.5, 0.6) is 5.75 Å². The second kappa shape index (κ2) is 12.2. The predicted molar refractivity (Wildman–Crippen MR) is 140 cm³/mol. The van der Waals surface area contributed by atoms with Gasteiger partial charge in [0.25, 0.3) is 0 Å². The summed E-state index contributed by atoms with van der Waals surface area (Å²) in [4.78, 5) is 2.43. The lowest BCUT2D eigenvalue weighted by molar-refractivity contribution is 0.161. The highest BCUT2D eigenvalue weighted by Gasteiger charge is 2.37. The summed E-state index contributed by atoms with van der Waals surface area (Å²) in [5, 5.41) is 0.189. The van der Waals surface area contributed by atoms with Crippen molar-refractivity contribution < 1.29 is 9.16 Å². The summed E-state index contributed by atoms with van der Waals surface area (Å²) >= 11 is 0. The molecule has 32 heavy (non-hydrogen) atoms. The van der Waals surface area contributed by atoms with Gasteiger partial charge in [0, 0.05) is 13.1 Å². The van der Waals surface area contributed by atoms with E-state index in [1.165, 1.54) is 11.1 Å². The molecule has 0 aromatic heterocycles. The van der Waals surface area contributed by atoms with E-state index in [0.717, 1.165) is 18.8 Å². The van der Waals surface area contributed by atoms with E-state index in [9.17, 15) is 0 Å². The Morgan fingerprint density at radius 2 is 1.62 bits per heavy atom. The first-order valence-corrected chi connectivity index (χ1v) is 14.4. The van der Waals surface area contributed by atoms with Gasteiger partial charge in [-0.25, -0.2) is 0 Å². The van der Waals surface area contributed by atoms with Gasteiger partial charge in [-0.1, -0.05) is 81.5 Å². The quantitative estimate of drug-likeness (QED) is 0.254. The summed E-state index contributed by atoms with van der Waals surface area (Å²) in [5.74, 6) is 0.896. The Bertz CT molecular complexity index is 841. The third-order valence-corrected chi connectivity index (χ3v) is 10.8. The highest BCUT2D eigenvalue weighted by atomic mass is 28.4. The van der Waals surface area contributed by atoms with Crippen molar-refractivity contribution in [2.75, 3.05) is 19.8 Å². The number of ether oxygens (including phenoxy) is 1. The largest absolute Gasteiger partial charge is 0.489 e. The molecule has 0 aliphatic rings. The fraction of sp³-hybridized carbons (Fsp3) is 0.429. The van der Waals surface area contributed by atoms with Crippen molar-refractivity contribution in [1.82, 2.24) is 4.90 Å². The summed E-state index contributed by atoms with van der Waals surface area (Å²) in [6.07, 6.45) is 4.29. The Labute approximate surface area is 196 Å². The number of para-hydroxylation sites is 1. The minimum Gasteiger partial charge on any atom is -0.489 e. The Morgan fingerprint density at radius 3 is 2.19 bits per heavy atom. The van der Waals surface area contributed by atoms with Crippen LogP contribution in [0.15, 0.2) is 85.0 Å². The molecule has 0 aliphatic heterocycles. The van der Waals surface area contributed by atoms with Gasteiger partial charge in [-0.05, 0) is 48.3 Å². The van der Waals surface area contributed by atoms with E-state index in [1.807, 2.05) is 36.4 Å². The van der Waals surface area contributed by atoms with Crippen molar-refractivity contribution in [2.24, 2.45) is 0 Å². The van der Waals surface area contributed by atoms with Crippen LogP contribution in [0.25, 0.3) is 0 Å². The smallest absolute Gasteiger partial charge is 0.192 e. The molecular formula is C28H41NO2Si. The third-order valence-electron chi connectivity index (χ3n) is 6.27. The van der Waals surface area contributed by atoms with Crippen molar-refractivity contribution in [1.29, 1.82) is 0 Å². The molecule has 0 spiro atoms. The van der Waals surface area contributed by atoms with Gasteiger partial charge in [0.2, 0.25) is 0 Å². The molecule has 4 heteroatoms. The van der Waals surface area contributed by atoms with Gasteiger partial charge in [0.1, 0.15) is 12.4 Å². The summed E-state index contributed by atoms with van der Waals surface area (Å²) in [6.45, 7) is 20.6. The van der Waals surface area contributed by atoms with Crippen molar-refractivity contribution in [2.45, 2.75) is 58.4 Å². The topological polar surface area (TPSA) is 21.7 Å². The zero-order valence-corrected chi connectivity index (χ0v) is 21.8. The van der Waals surface area contributed by atoms with E-state index in [-0.39, 0.29) is 11.1 Å². The van der Waals surface area contributed by atoms with Gasteiger partial charge in [-0.3, -0.25) is 4.90 Å². The number of rotatable bonds is 12. The van der Waals surface area contributed by atoms with Gasteiger partial charge in [-0.2, -0.15) is 0 Å². The fourth-order valence-corrected chi connectivity index (χ4v) is 4.03. The number of hydrogen-bond acceptors (Lipinski definition) is 3. The van der Waals surface area contributed by atoms with Crippen LogP contribution in [0, 0.1) is 0 Å². The first-order valence-electron chi connectivity index (χ1n) is 11.5. The highest BCUT2D eigenvalue weighted by molar-refractivity contribution is 6.74. The molecule has 2 aromatic carbocycles. The summed E-state index contributed by atoms with van der Waals surface area (Å²) in [5.41, 5.74) is 2.50. The van der Waals surface area contributed by atoms with E-state index < -0.39 is 8.32 Å². The molecular weight excluding hydrogens is 410 g/mol. The lowest BCUT2D eigenvalue weighted by atomic mass is 10.1. The first-order chi connectivity index (χ1) is 15.1. The average molecular weight is 452 g/mol. The monoisotopic (exact) mass is 451 g/mol. The molecule has 2 rings (SSSR count). The minimum absolute atomic E-state index is 0.142. The minimum atomic E-state index is -1.83. The van der Waals surface area contributed by atoms with Crippen LogP contribution < -0.4 is 4.74 Å². The molecule has 0 saturated heterocycles. The SMILES string of the molecule is C=C[C@H](CO[Si](C)(C)C(C)(C)C)N(C/C=C(/C)COc1ccccc1)Cc1ccccc1. The molecule has 0 bridgehead atoms. The number of hydrogen-bond donors (Lipinski definition) is 0. The summed E-state index contributed by atoms with van der Waals surface area (Å²) in [6, 6.07) is 20.7. The Balaban J connectivity index is 2.08. The average Bonchev–Trinajstić information content (AvgIpc) is 2.76. The number of benzene rings is 2. The van der Waals surface area contributed by atoms with E-state index in [4.69, 9.17) is 9.16 Å². The van der Waals surface area contributed by atoms with Crippen molar-refractivity contribution >= 4 is 8.32 Å². The van der Waals surface area contributed by atoms with Crippen LogP contribution in [-0.4, -0.2) is 39.0 Å². The predicted octanol–water partition coefficient (Wildman–Crippen LogP) is 7.09. The molecule has 0 amide bonds. The lowest BCUT2D eigenvalue weighted by Gasteiger charge is -2.38. The van der Waals surface area contributed by atoms with E-state index in [1.54, 1.807) is 0 Å². The van der Waals surface area contributed by atoms with Gasteiger partial charge in [0.15, 0.2) is 8.32 Å². The third kappa shape index (κ3) is 8.42. The van der Waals surface area contributed by atoms with Gasteiger partial charge in [-0.15, -0.1) is 6.58 Å². The van der Waals surface area contributed by atoms with Crippen molar-refractivity contribution in [3.63, 3.8) is 0 Å². The maximum Gasteiger partial charge on any atom is 0.192 e. The van der Waals surface area contributed by atoms with Gasteiger partial charge in [0.05, 0.1) is 12.6 Å². The van der Waals surface area contributed by atoms with Crippen LogP contribution >= 0.6 is 0 Å².